The van der Waals surface area contributed by atoms with Gasteiger partial charge in [-0.25, -0.2) is 0 Å². The first-order chi connectivity index (χ1) is 11.8. The maximum atomic E-state index is 11.1. The van der Waals surface area contributed by atoms with Crippen molar-refractivity contribution in [2.24, 2.45) is 0 Å². The number of rotatable bonds is 11. The Labute approximate surface area is 144 Å². The Kier molecular flexibility index (Phi) is 10.7. The highest BCUT2D eigenvalue weighted by atomic mass is 16.7. The molecule has 0 bridgehead atoms. The van der Waals surface area contributed by atoms with Crippen molar-refractivity contribution in [2.75, 3.05) is 33.5 Å². The number of aldehydes is 1. The van der Waals surface area contributed by atoms with Gasteiger partial charge in [0, 0.05) is 37.3 Å². The van der Waals surface area contributed by atoms with E-state index in [4.69, 9.17) is 14.2 Å². The smallest absolute Gasteiger partial charge is 0.180 e. The zero-order valence-electron chi connectivity index (χ0n) is 14.8. The molecule has 0 unspecified atom stereocenters. The second kappa shape index (κ2) is 12.7. The topological polar surface area (TPSA) is 56.8 Å². The highest BCUT2D eigenvalue weighted by molar-refractivity contribution is 5.78. The number of ether oxygens (including phenoxy) is 3. The molecular weight excluding hydrogens is 306 g/mol. The predicted molar refractivity (Wildman–Crippen MR) is 93.9 cm³/mol. The van der Waals surface area contributed by atoms with Crippen molar-refractivity contribution in [3.63, 3.8) is 0 Å². The minimum absolute atomic E-state index is 0.320. The van der Waals surface area contributed by atoms with E-state index in [1.807, 2.05) is 33.0 Å². The quantitative estimate of drug-likeness (QED) is 0.292. The van der Waals surface area contributed by atoms with Gasteiger partial charge in [0.2, 0.25) is 0 Å². The average molecular weight is 333 g/mol. The Morgan fingerprint density at radius 2 is 2.00 bits per heavy atom. The first-order valence-corrected chi connectivity index (χ1v) is 8.28. The Balaban J connectivity index is 2.50. The molecule has 1 aromatic rings. The summed E-state index contributed by atoms with van der Waals surface area (Å²) in [6.45, 7) is 6.55. The van der Waals surface area contributed by atoms with Gasteiger partial charge in [-0.2, -0.15) is 0 Å². The van der Waals surface area contributed by atoms with Crippen molar-refractivity contribution in [1.29, 1.82) is 0 Å². The zero-order valence-corrected chi connectivity index (χ0v) is 14.8. The molecule has 0 spiro atoms. The molecule has 1 rings (SSSR count). The van der Waals surface area contributed by atoms with Crippen LogP contribution >= 0.6 is 0 Å². The first-order valence-electron chi connectivity index (χ1n) is 8.28. The summed E-state index contributed by atoms with van der Waals surface area (Å²) in [6, 6.07) is 5.57. The SMILES string of the molecule is CCOC(COCCC#Cc1cccc(C=O)c1CNC)OCC. The van der Waals surface area contributed by atoms with E-state index in [0.29, 0.717) is 45.0 Å². The van der Waals surface area contributed by atoms with Crippen LogP contribution in [0.25, 0.3) is 0 Å². The third-order valence-corrected chi connectivity index (χ3v) is 3.25. The van der Waals surface area contributed by atoms with Crippen LogP contribution in [0.2, 0.25) is 0 Å². The number of carbonyl (C=O) groups excluding carboxylic acids is 1. The molecule has 5 nitrogen and oxygen atoms in total. The van der Waals surface area contributed by atoms with Crippen LogP contribution in [0.15, 0.2) is 18.2 Å². The van der Waals surface area contributed by atoms with Crippen LogP contribution in [-0.4, -0.2) is 46.1 Å². The molecule has 1 N–H and O–H groups in total. The third kappa shape index (κ3) is 7.24. The van der Waals surface area contributed by atoms with Crippen molar-refractivity contribution in [1.82, 2.24) is 5.32 Å². The lowest BCUT2D eigenvalue weighted by molar-refractivity contribution is -0.166. The van der Waals surface area contributed by atoms with Gasteiger partial charge in [0.05, 0.1) is 13.2 Å². The summed E-state index contributed by atoms with van der Waals surface area (Å²) in [7, 11) is 1.85. The maximum Gasteiger partial charge on any atom is 0.180 e. The summed E-state index contributed by atoms with van der Waals surface area (Å²) in [5, 5.41) is 3.07. The minimum Gasteiger partial charge on any atom is -0.375 e. The normalized spacial score (nSPS) is 10.5. The summed E-state index contributed by atoms with van der Waals surface area (Å²) in [4.78, 5) is 11.1. The summed E-state index contributed by atoms with van der Waals surface area (Å²) in [6.07, 6.45) is 1.15. The van der Waals surface area contributed by atoms with Gasteiger partial charge in [-0.1, -0.05) is 24.0 Å². The van der Waals surface area contributed by atoms with E-state index in [2.05, 4.69) is 17.2 Å². The molecule has 0 aliphatic carbocycles. The molecule has 0 saturated heterocycles. The van der Waals surface area contributed by atoms with E-state index in [9.17, 15) is 4.79 Å². The van der Waals surface area contributed by atoms with Crippen molar-refractivity contribution in [3.05, 3.63) is 34.9 Å². The second-order valence-corrected chi connectivity index (χ2v) is 4.99. The second-order valence-electron chi connectivity index (χ2n) is 4.99. The zero-order chi connectivity index (χ0) is 17.6. The number of nitrogens with one attached hydrogen (secondary N) is 1. The number of hydrogen-bond donors (Lipinski definition) is 1. The van der Waals surface area contributed by atoms with Gasteiger partial charge in [-0.05, 0) is 32.5 Å². The standard InChI is InChI=1S/C19H27NO4/c1-4-23-19(24-5-2)15-22-12-7-6-9-16-10-8-11-17(14-21)18(16)13-20-3/h8,10-11,14,19-20H,4-5,7,12-13,15H2,1-3H3. The van der Waals surface area contributed by atoms with Crippen LogP contribution in [-0.2, 0) is 20.8 Å². The van der Waals surface area contributed by atoms with Crippen molar-refractivity contribution >= 4 is 6.29 Å². The average Bonchev–Trinajstić information content (AvgIpc) is 2.59. The van der Waals surface area contributed by atoms with Gasteiger partial charge in [-0.15, -0.1) is 0 Å². The van der Waals surface area contributed by atoms with Crippen molar-refractivity contribution in [3.8, 4) is 11.8 Å². The van der Waals surface area contributed by atoms with Crippen LogP contribution < -0.4 is 5.32 Å². The van der Waals surface area contributed by atoms with Crippen LogP contribution in [0.4, 0.5) is 0 Å². The lowest BCUT2D eigenvalue weighted by atomic mass is 10.0. The van der Waals surface area contributed by atoms with Crippen LogP contribution in [0.3, 0.4) is 0 Å². The Morgan fingerprint density at radius 3 is 2.62 bits per heavy atom. The molecule has 1 aromatic carbocycles. The molecule has 0 radical (unpaired) electrons. The molecule has 0 saturated carbocycles. The lowest BCUT2D eigenvalue weighted by Crippen LogP contribution is -2.23. The summed E-state index contributed by atoms with van der Waals surface area (Å²) >= 11 is 0. The summed E-state index contributed by atoms with van der Waals surface area (Å²) in [5.41, 5.74) is 2.47. The number of hydrogen-bond acceptors (Lipinski definition) is 5. The van der Waals surface area contributed by atoms with Crippen LogP contribution in [0, 0.1) is 11.8 Å². The molecule has 0 atom stereocenters. The molecule has 0 amide bonds. The predicted octanol–water partition coefficient (Wildman–Crippen LogP) is 2.38. The largest absolute Gasteiger partial charge is 0.375 e. The van der Waals surface area contributed by atoms with E-state index < -0.39 is 0 Å². The Hall–Kier alpha value is -1.71. The molecular formula is C19H27NO4. The molecule has 132 valence electrons. The number of benzene rings is 1. The third-order valence-electron chi connectivity index (χ3n) is 3.25. The summed E-state index contributed by atoms with van der Waals surface area (Å²) < 4.78 is 16.3. The Bertz CT molecular complexity index is 542. The molecule has 0 aliphatic rings. The highest BCUT2D eigenvalue weighted by Crippen LogP contribution is 2.12. The van der Waals surface area contributed by atoms with Crippen molar-refractivity contribution < 1.29 is 19.0 Å². The fourth-order valence-electron chi connectivity index (χ4n) is 2.18. The molecule has 0 aliphatic heterocycles. The monoisotopic (exact) mass is 333 g/mol. The lowest BCUT2D eigenvalue weighted by Gasteiger charge is -2.16. The van der Waals surface area contributed by atoms with Gasteiger partial charge in [0.1, 0.15) is 6.29 Å². The molecule has 24 heavy (non-hydrogen) atoms. The highest BCUT2D eigenvalue weighted by Gasteiger charge is 2.07. The minimum atomic E-state index is -0.320. The number of carbonyl (C=O) groups is 1. The van der Waals surface area contributed by atoms with E-state index in [1.165, 1.54) is 0 Å². The fourth-order valence-corrected chi connectivity index (χ4v) is 2.18. The molecule has 0 aromatic heterocycles. The van der Waals surface area contributed by atoms with Gasteiger partial charge in [0.15, 0.2) is 6.29 Å². The molecule has 5 heteroatoms. The van der Waals surface area contributed by atoms with Gasteiger partial charge in [0.25, 0.3) is 0 Å². The molecule has 0 fully saturated rings. The van der Waals surface area contributed by atoms with Gasteiger partial charge >= 0.3 is 0 Å². The Morgan fingerprint density at radius 1 is 1.25 bits per heavy atom. The summed E-state index contributed by atoms with van der Waals surface area (Å²) in [5.74, 6) is 6.21. The van der Waals surface area contributed by atoms with Gasteiger partial charge in [-0.3, -0.25) is 4.79 Å². The maximum absolute atomic E-state index is 11.1. The van der Waals surface area contributed by atoms with Crippen LogP contribution in [0.1, 0.15) is 41.8 Å². The fraction of sp³-hybridized carbons (Fsp3) is 0.526. The van der Waals surface area contributed by atoms with E-state index >= 15 is 0 Å². The van der Waals surface area contributed by atoms with E-state index in [-0.39, 0.29) is 6.29 Å². The molecule has 0 heterocycles. The first kappa shape index (κ1) is 20.3. The van der Waals surface area contributed by atoms with Crippen LogP contribution in [0.5, 0.6) is 0 Å². The van der Waals surface area contributed by atoms with Crippen molar-refractivity contribution in [2.45, 2.75) is 33.1 Å². The van der Waals surface area contributed by atoms with Gasteiger partial charge < -0.3 is 19.5 Å². The van der Waals surface area contributed by atoms with E-state index in [0.717, 1.165) is 17.4 Å². The van der Waals surface area contributed by atoms with E-state index in [1.54, 1.807) is 6.07 Å².